The fraction of sp³-hybridized carbons (Fsp3) is 0.263. The van der Waals surface area contributed by atoms with E-state index in [0.717, 1.165) is 16.7 Å². The number of aliphatic imine (C=N–C) groups is 1. The van der Waals surface area contributed by atoms with Gasteiger partial charge in [-0.15, -0.1) is 0 Å². The highest BCUT2D eigenvalue weighted by Gasteiger charge is 2.09. The molecule has 0 aromatic heterocycles. The van der Waals surface area contributed by atoms with E-state index >= 15 is 0 Å². The van der Waals surface area contributed by atoms with Crippen LogP contribution in [0.5, 0.6) is 11.5 Å². The van der Waals surface area contributed by atoms with E-state index in [2.05, 4.69) is 4.99 Å². The van der Waals surface area contributed by atoms with Gasteiger partial charge in [0, 0.05) is 6.21 Å². The van der Waals surface area contributed by atoms with E-state index in [1.807, 2.05) is 32.0 Å². The van der Waals surface area contributed by atoms with Crippen molar-refractivity contribution in [2.24, 2.45) is 4.99 Å². The third kappa shape index (κ3) is 3.74. The van der Waals surface area contributed by atoms with E-state index in [9.17, 15) is 4.79 Å². The van der Waals surface area contributed by atoms with Crippen LogP contribution < -0.4 is 9.47 Å². The number of carbonyl (C=O) groups excluding carboxylic acids is 1. The summed E-state index contributed by atoms with van der Waals surface area (Å²) in [4.78, 5) is 16.2. The molecule has 0 amide bonds. The molecule has 0 aliphatic carbocycles. The van der Waals surface area contributed by atoms with Crippen molar-refractivity contribution < 1.29 is 19.0 Å². The van der Waals surface area contributed by atoms with Crippen LogP contribution in [-0.4, -0.2) is 33.5 Å². The van der Waals surface area contributed by atoms with Crippen molar-refractivity contribution in [2.45, 2.75) is 13.8 Å². The van der Waals surface area contributed by atoms with Crippen molar-refractivity contribution in [1.82, 2.24) is 0 Å². The Morgan fingerprint density at radius 1 is 0.958 bits per heavy atom. The Morgan fingerprint density at radius 3 is 2.25 bits per heavy atom. The van der Waals surface area contributed by atoms with E-state index in [1.165, 1.54) is 7.11 Å². The molecule has 0 radical (unpaired) electrons. The van der Waals surface area contributed by atoms with Gasteiger partial charge in [0.25, 0.3) is 0 Å². The lowest BCUT2D eigenvalue weighted by Gasteiger charge is -2.10. The predicted molar refractivity (Wildman–Crippen MR) is 94.1 cm³/mol. The van der Waals surface area contributed by atoms with Gasteiger partial charge < -0.3 is 14.2 Å². The van der Waals surface area contributed by atoms with Crippen molar-refractivity contribution in [2.75, 3.05) is 21.3 Å². The van der Waals surface area contributed by atoms with Crippen LogP contribution in [-0.2, 0) is 4.74 Å². The van der Waals surface area contributed by atoms with Crippen LogP contribution in [0.25, 0.3) is 0 Å². The normalized spacial score (nSPS) is 10.7. The van der Waals surface area contributed by atoms with Crippen LogP contribution in [0.4, 0.5) is 5.69 Å². The van der Waals surface area contributed by atoms with Gasteiger partial charge in [0.1, 0.15) is 0 Å². The zero-order valence-electron chi connectivity index (χ0n) is 14.5. The smallest absolute Gasteiger partial charge is 0.337 e. The summed E-state index contributed by atoms with van der Waals surface area (Å²) < 4.78 is 15.4. The molecule has 5 heteroatoms. The molecular formula is C19H21NO4. The van der Waals surface area contributed by atoms with Crippen molar-refractivity contribution >= 4 is 17.9 Å². The van der Waals surface area contributed by atoms with Crippen molar-refractivity contribution in [3.63, 3.8) is 0 Å². The lowest BCUT2D eigenvalue weighted by Crippen LogP contribution is -2.00. The molecule has 2 aromatic carbocycles. The van der Waals surface area contributed by atoms with Gasteiger partial charge >= 0.3 is 5.97 Å². The molecule has 0 aliphatic rings. The number of carbonyl (C=O) groups is 1. The van der Waals surface area contributed by atoms with Gasteiger partial charge in [-0.1, -0.05) is 6.07 Å². The molecule has 0 atom stereocenters. The lowest BCUT2D eigenvalue weighted by molar-refractivity contribution is 0.0601. The second-order valence-electron chi connectivity index (χ2n) is 5.31. The molecule has 0 unspecified atom stereocenters. The molecule has 0 aliphatic heterocycles. The fourth-order valence-electron chi connectivity index (χ4n) is 2.27. The minimum absolute atomic E-state index is 0.381. The standard InChI is InChI=1S/C19H21NO4/c1-12-6-7-14(19(21)24-5)9-16(12)20-11-15-10-18(23-4)17(22-3)8-13(15)2/h6-11H,1-5H3. The van der Waals surface area contributed by atoms with Gasteiger partial charge in [-0.2, -0.15) is 0 Å². The summed E-state index contributed by atoms with van der Waals surface area (Å²) in [6, 6.07) is 9.06. The van der Waals surface area contributed by atoms with Crippen molar-refractivity contribution in [3.8, 4) is 11.5 Å². The van der Waals surface area contributed by atoms with Crippen LogP contribution in [0, 0.1) is 13.8 Å². The Hall–Kier alpha value is -2.82. The molecule has 0 spiro atoms. The average molecular weight is 327 g/mol. The monoisotopic (exact) mass is 327 g/mol. The van der Waals surface area contributed by atoms with Crippen LogP contribution in [0.3, 0.4) is 0 Å². The number of ether oxygens (including phenoxy) is 3. The third-order valence-electron chi connectivity index (χ3n) is 3.75. The van der Waals surface area contributed by atoms with E-state index in [-0.39, 0.29) is 5.97 Å². The van der Waals surface area contributed by atoms with Gasteiger partial charge in [-0.25, -0.2) is 4.79 Å². The summed E-state index contributed by atoms with van der Waals surface area (Å²) in [6.07, 6.45) is 1.75. The van der Waals surface area contributed by atoms with Gasteiger partial charge in [0.15, 0.2) is 11.5 Å². The molecular weight excluding hydrogens is 306 g/mol. The number of nitrogens with zero attached hydrogens (tertiary/aromatic N) is 1. The molecule has 24 heavy (non-hydrogen) atoms. The maximum atomic E-state index is 11.7. The molecule has 0 saturated carbocycles. The molecule has 2 aromatic rings. The summed E-state index contributed by atoms with van der Waals surface area (Å²) in [5.74, 6) is 0.939. The van der Waals surface area contributed by atoms with Crippen LogP contribution in [0.1, 0.15) is 27.0 Å². The lowest BCUT2D eigenvalue weighted by atomic mass is 10.1. The maximum Gasteiger partial charge on any atom is 0.337 e. The summed E-state index contributed by atoms with van der Waals surface area (Å²) in [5.41, 5.74) is 4.08. The van der Waals surface area contributed by atoms with Gasteiger partial charge in [-0.3, -0.25) is 4.99 Å². The number of hydrogen-bond donors (Lipinski definition) is 0. The SMILES string of the molecule is COC(=O)c1ccc(C)c(N=Cc2cc(OC)c(OC)cc2C)c1. The third-order valence-corrected chi connectivity index (χ3v) is 3.75. The first-order valence-electron chi connectivity index (χ1n) is 7.45. The Labute approximate surface area is 141 Å². The molecule has 5 nitrogen and oxygen atoms in total. The Morgan fingerprint density at radius 2 is 1.62 bits per heavy atom. The number of esters is 1. The number of benzene rings is 2. The minimum Gasteiger partial charge on any atom is -0.493 e. The largest absolute Gasteiger partial charge is 0.493 e. The molecule has 0 bridgehead atoms. The van der Waals surface area contributed by atoms with E-state index < -0.39 is 0 Å². The number of hydrogen-bond acceptors (Lipinski definition) is 5. The summed E-state index contributed by atoms with van der Waals surface area (Å²) in [6.45, 7) is 3.91. The molecule has 0 saturated heterocycles. The highest BCUT2D eigenvalue weighted by molar-refractivity contribution is 5.91. The van der Waals surface area contributed by atoms with E-state index in [4.69, 9.17) is 14.2 Å². The number of rotatable bonds is 5. The molecule has 0 heterocycles. The molecule has 126 valence electrons. The van der Waals surface area contributed by atoms with Crippen molar-refractivity contribution in [3.05, 3.63) is 52.6 Å². The second kappa shape index (κ2) is 7.64. The van der Waals surface area contributed by atoms with E-state index in [1.54, 1.807) is 32.6 Å². The zero-order chi connectivity index (χ0) is 17.7. The Balaban J connectivity index is 2.39. The highest BCUT2D eigenvalue weighted by atomic mass is 16.5. The van der Waals surface area contributed by atoms with Crippen LogP contribution in [0.2, 0.25) is 0 Å². The van der Waals surface area contributed by atoms with Crippen molar-refractivity contribution in [1.29, 1.82) is 0 Å². The molecule has 0 N–H and O–H groups in total. The first kappa shape index (κ1) is 17.5. The van der Waals surface area contributed by atoms with Gasteiger partial charge in [0.05, 0.1) is 32.6 Å². The maximum absolute atomic E-state index is 11.7. The Bertz CT molecular complexity index is 781. The Kier molecular flexibility index (Phi) is 5.58. The second-order valence-corrected chi connectivity index (χ2v) is 5.31. The summed E-state index contributed by atoms with van der Waals surface area (Å²) >= 11 is 0. The quantitative estimate of drug-likeness (QED) is 0.618. The predicted octanol–water partition coefficient (Wildman–Crippen LogP) is 3.86. The summed E-state index contributed by atoms with van der Waals surface area (Å²) in [7, 11) is 4.56. The molecule has 2 rings (SSSR count). The average Bonchev–Trinajstić information content (AvgIpc) is 2.60. The highest BCUT2D eigenvalue weighted by Crippen LogP contribution is 2.30. The summed E-state index contributed by atoms with van der Waals surface area (Å²) in [5, 5.41) is 0. The van der Waals surface area contributed by atoms with E-state index in [0.29, 0.717) is 22.7 Å². The first-order valence-corrected chi connectivity index (χ1v) is 7.45. The van der Waals surface area contributed by atoms with Gasteiger partial charge in [0.2, 0.25) is 0 Å². The zero-order valence-corrected chi connectivity index (χ0v) is 14.5. The van der Waals surface area contributed by atoms with Gasteiger partial charge in [-0.05, 0) is 54.8 Å². The van der Waals surface area contributed by atoms with Crippen LogP contribution >= 0.6 is 0 Å². The van der Waals surface area contributed by atoms with Crippen LogP contribution in [0.15, 0.2) is 35.3 Å². The number of methoxy groups -OCH3 is 3. The topological polar surface area (TPSA) is 57.1 Å². The number of aryl methyl sites for hydroxylation is 2. The first-order chi connectivity index (χ1) is 11.5. The molecule has 0 fully saturated rings. The fourth-order valence-corrected chi connectivity index (χ4v) is 2.27. The minimum atomic E-state index is -0.381.